The van der Waals surface area contributed by atoms with Gasteiger partial charge in [0.05, 0.1) is 37.5 Å². The largest absolute Gasteiger partial charge is 0.493 e. The van der Waals surface area contributed by atoms with Crippen LogP contribution in [0.5, 0.6) is 11.5 Å². The number of benzene rings is 2. The van der Waals surface area contributed by atoms with E-state index in [1.807, 2.05) is 0 Å². The highest BCUT2D eigenvalue weighted by atomic mass is 32.2. The van der Waals surface area contributed by atoms with Crippen molar-refractivity contribution in [1.29, 1.82) is 0 Å². The number of sulfonamides is 1. The Hall–Kier alpha value is -3.97. The Kier molecular flexibility index (Phi) is 7.81. The zero-order valence-electron chi connectivity index (χ0n) is 18.4. The normalized spacial score (nSPS) is 10.7. The zero-order valence-corrected chi connectivity index (χ0v) is 20.0. The van der Waals surface area contributed by atoms with E-state index in [2.05, 4.69) is 25.3 Å². The minimum absolute atomic E-state index is 0.0113. The maximum absolute atomic E-state index is 12.5. The van der Waals surface area contributed by atoms with Crippen LogP contribution in [0.25, 0.3) is 0 Å². The van der Waals surface area contributed by atoms with Crippen molar-refractivity contribution in [3.8, 4) is 11.5 Å². The van der Waals surface area contributed by atoms with Crippen molar-refractivity contribution in [2.24, 2.45) is 0 Å². The molecule has 0 aliphatic rings. The highest BCUT2D eigenvalue weighted by Crippen LogP contribution is 2.34. The van der Waals surface area contributed by atoms with Crippen LogP contribution < -0.4 is 24.8 Å². The van der Waals surface area contributed by atoms with E-state index in [0.717, 1.165) is 0 Å². The van der Waals surface area contributed by atoms with Crippen molar-refractivity contribution >= 4 is 50.6 Å². The fourth-order valence-electron chi connectivity index (χ4n) is 2.79. The zero-order chi connectivity index (χ0) is 24.7. The minimum Gasteiger partial charge on any atom is -0.493 e. The Morgan fingerprint density at radius 1 is 0.941 bits per heavy atom. The van der Waals surface area contributed by atoms with Gasteiger partial charge in [0.1, 0.15) is 0 Å². The standard InChI is InChI=1S/C21H21N5O6S2/c1-30-17-11-15(19(27)32-3)16(12-18(17)31-2)25-21(33)24-13-5-7-14(8-6-13)34(28,29)26-20-22-9-4-10-23-20/h4-12H,1-3H3,(H,22,23,26)(H2,24,25,33). The summed E-state index contributed by atoms with van der Waals surface area (Å²) in [6.07, 6.45) is 2.85. The summed E-state index contributed by atoms with van der Waals surface area (Å²) < 4.78 is 42.6. The number of hydrogen-bond acceptors (Lipinski definition) is 9. The Balaban J connectivity index is 1.75. The van der Waals surface area contributed by atoms with Crippen LogP contribution in [-0.2, 0) is 14.8 Å². The molecule has 0 unspecified atom stereocenters. The number of carbonyl (C=O) groups is 1. The van der Waals surface area contributed by atoms with E-state index < -0.39 is 16.0 Å². The van der Waals surface area contributed by atoms with Crippen LogP contribution in [0.1, 0.15) is 10.4 Å². The molecular weight excluding hydrogens is 482 g/mol. The minimum atomic E-state index is -3.87. The molecule has 0 aliphatic carbocycles. The fraction of sp³-hybridized carbons (Fsp3) is 0.143. The molecule has 0 saturated carbocycles. The fourth-order valence-corrected chi connectivity index (χ4v) is 3.98. The first kappa shape index (κ1) is 24.7. The summed E-state index contributed by atoms with van der Waals surface area (Å²) in [5.41, 5.74) is 1.01. The SMILES string of the molecule is COC(=O)c1cc(OC)c(OC)cc1NC(=S)Nc1ccc(S(=O)(=O)Nc2ncccn2)cc1. The molecule has 2 aromatic carbocycles. The molecule has 3 aromatic rings. The quantitative estimate of drug-likeness (QED) is 0.309. The van der Waals surface area contributed by atoms with Gasteiger partial charge in [0.25, 0.3) is 10.0 Å². The van der Waals surface area contributed by atoms with Gasteiger partial charge in [-0.05, 0) is 42.5 Å². The number of nitrogens with one attached hydrogen (secondary N) is 3. The third-order valence-corrected chi connectivity index (χ3v) is 5.94. The lowest BCUT2D eigenvalue weighted by molar-refractivity contribution is 0.0601. The van der Waals surface area contributed by atoms with E-state index in [-0.39, 0.29) is 21.5 Å². The van der Waals surface area contributed by atoms with E-state index in [1.54, 1.807) is 12.1 Å². The summed E-state index contributed by atoms with van der Waals surface area (Å²) in [6, 6.07) is 10.4. The first-order valence-corrected chi connectivity index (χ1v) is 11.5. The predicted molar refractivity (Wildman–Crippen MR) is 130 cm³/mol. The molecule has 11 nitrogen and oxygen atoms in total. The van der Waals surface area contributed by atoms with Gasteiger partial charge in [0, 0.05) is 30.2 Å². The Morgan fingerprint density at radius 2 is 1.56 bits per heavy atom. The van der Waals surface area contributed by atoms with Crippen molar-refractivity contribution in [3.05, 3.63) is 60.4 Å². The maximum Gasteiger partial charge on any atom is 0.340 e. The van der Waals surface area contributed by atoms with Gasteiger partial charge in [-0.1, -0.05) is 0 Å². The maximum atomic E-state index is 12.5. The van der Waals surface area contributed by atoms with E-state index in [9.17, 15) is 13.2 Å². The molecule has 0 fully saturated rings. The summed E-state index contributed by atoms with van der Waals surface area (Å²) in [5, 5.41) is 5.98. The van der Waals surface area contributed by atoms with Gasteiger partial charge in [-0.15, -0.1) is 0 Å². The van der Waals surface area contributed by atoms with Crippen molar-refractivity contribution < 1.29 is 27.4 Å². The highest BCUT2D eigenvalue weighted by molar-refractivity contribution is 7.92. The molecule has 0 saturated heterocycles. The molecular formula is C21H21N5O6S2. The van der Waals surface area contributed by atoms with Crippen LogP contribution >= 0.6 is 12.2 Å². The van der Waals surface area contributed by atoms with Gasteiger partial charge < -0.3 is 24.8 Å². The molecule has 1 aromatic heterocycles. The number of esters is 1. The summed E-state index contributed by atoms with van der Waals surface area (Å²) in [6.45, 7) is 0. The van der Waals surface area contributed by atoms with Crippen LogP contribution in [-0.4, -0.2) is 50.8 Å². The molecule has 0 spiro atoms. The van der Waals surface area contributed by atoms with Crippen LogP contribution in [0.4, 0.5) is 17.3 Å². The van der Waals surface area contributed by atoms with E-state index in [0.29, 0.717) is 22.9 Å². The van der Waals surface area contributed by atoms with Crippen molar-refractivity contribution in [2.75, 3.05) is 36.7 Å². The van der Waals surface area contributed by atoms with E-state index in [4.69, 9.17) is 26.4 Å². The molecule has 0 radical (unpaired) electrons. The molecule has 34 heavy (non-hydrogen) atoms. The monoisotopic (exact) mass is 503 g/mol. The highest BCUT2D eigenvalue weighted by Gasteiger charge is 2.19. The molecule has 1 heterocycles. The smallest absolute Gasteiger partial charge is 0.340 e. The number of ether oxygens (including phenoxy) is 3. The lowest BCUT2D eigenvalue weighted by Crippen LogP contribution is -2.21. The molecule has 178 valence electrons. The number of hydrogen-bond donors (Lipinski definition) is 3. The second kappa shape index (κ2) is 10.8. The third kappa shape index (κ3) is 5.88. The third-order valence-electron chi connectivity index (χ3n) is 4.39. The first-order valence-electron chi connectivity index (χ1n) is 9.59. The van der Waals surface area contributed by atoms with Crippen LogP contribution in [0.3, 0.4) is 0 Å². The average molecular weight is 504 g/mol. The molecule has 3 rings (SSSR count). The second-order valence-electron chi connectivity index (χ2n) is 6.53. The summed E-state index contributed by atoms with van der Waals surface area (Å²) in [7, 11) is 0.301. The predicted octanol–water partition coefficient (Wildman–Crippen LogP) is 2.89. The van der Waals surface area contributed by atoms with Gasteiger partial charge in [0.2, 0.25) is 5.95 Å². The number of rotatable bonds is 8. The van der Waals surface area contributed by atoms with Crippen LogP contribution in [0, 0.1) is 0 Å². The number of methoxy groups -OCH3 is 3. The van der Waals surface area contributed by atoms with Gasteiger partial charge in [0.15, 0.2) is 16.6 Å². The van der Waals surface area contributed by atoms with Gasteiger partial charge in [-0.2, -0.15) is 0 Å². The van der Waals surface area contributed by atoms with Crippen LogP contribution in [0.15, 0.2) is 59.8 Å². The van der Waals surface area contributed by atoms with Crippen molar-refractivity contribution in [3.63, 3.8) is 0 Å². The molecule has 13 heteroatoms. The van der Waals surface area contributed by atoms with Crippen molar-refractivity contribution in [1.82, 2.24) is 9.97 Å². The average Bonchev–Trinajstić information content (AvgIpc) is 2.83. The van der Waals surface area contributed by atoms with Gasteiger partial charge in [-0.25, -0.2) is 27.9 Å². The lowest BCUT2D eigenvalue weighted by atomic mass is 10.1. The molecule has 0 aliphatic heterocycles. The van der Waals surface area contributed by atoms with Gasteiger partial charge in [-0.3, -0.25) is 0 Å². The molecule has 0 amide bonds. The van der Waals surface area contributed by atoms with Crippen LogP contribution in [0.2, 0.25) is 0 Å². The molecule has 3 N–H and O–H groups in total. The summed E-state index contributed by atoms with van der Waals surface area (Å²) in [5.74, 6) is 0.0886. The topological polar surface area (TPSA) is 141 Å². The Bertz CT molecular complexity index is 1290. The Morgan fingerprint density at radius 3 is 2.15 bits per heavy atom. The van der Waals surface area contributed by atoms with Crippen molar-refractivity contribution in [2.45, 2.75) is 4.90 Å². The number of anilines is 3. The van der Waals surface area contributed by atoms with E-state index >= 15 is 0 Å². The molecule has 0 bridgehead atoms. The number of nitrogens with zero attached hydrogens (tertiary/aromatic N) is 2. The summed E-state index contributed by atoms with van der Waals surface area (Å²) in [4.78, 5) is 19.9. The number of aromatic nitrogens is 2. The first-order chi connectivity index (χ1) is 16.3. The Labute approximate surface area is 201 Å². The van der Waals surface area contributed by atoms with Gasteiger partial charge >= 0.3 is 5.97 Å². The number of carbonyl (C=O) groups excluding carboxylic acids is 1. The second-order valence-corrected chi connectivity index (χ2v) is 8.62. The van der Waals surface area contributed by atoms with E-state index in [1.165, 1.54) is 64.1 Å². The number of thiocarbonyl (C=S) groups is 1. The summed E-state index contributed by atoms with van der Waals surface area (Å²) >= 11 is 5.34. The lowest BCUT2D eigenvalue weighted by Gasteiger charge is -2.16. The molecule has 0 atom stereocenters.